The van der Waals surface area contributed by atoms with Gasteiger partial charge in [0.25, 0.3) is 0 Å². The molecule has 0 aliphatic rings. The fourth-order valence-electron chi connectivity index (χ4n) is 2.31. The van der Waals surface area contributed by atoms with E-state index in [2.05, 4.69) is 15.4 Å². The highest BCUT2D eigenvalue weighted by atomic mass is 35.5. The number of benzene rings is 2. The minimum atomic E-state index is -0.618. The van der Waals surface area contributed by atoms with Gasteiger partial charge in [0.15, 0.2) is 0 Å². The number of amides is 1. The van der Waals surface area contributed by atoms with Crippen LogP contribution in [0.25, 0.3) is 11.3 Å². The normalized spacial score (nSPS) is 10.4. The Morgan fingerprint density at radius 1 is 1.19 bits per heavy atom. The first kappa shape index (κ1) is 17.6. The molecule has 7 nitrogen and oxygen atoms in total. The van der Waals surface area contributed by atoms with Crippen molar-refractivity contribution in [2.45, 2.75) is 6.54 Å². The summed E-state index contributed by atoms with van der Waals surface area (Å²) in [6.07, 6.45) is 1.43. The highest BCUT2D eigenvalue weighted by Crippen LogP contribution is 2.22. The minimum Gasteiger partial charge on any atom is -0.495 e. The van der Waals surface area contributed by atoms with E-state index in [0.29, 0.717) is 27.7 Å². The van der Waals surface area contributed by atoms with E-state index in [-0.39, 0.29) is 6.54 Å². The fraction of sp³-hybridized carbons (Fsp3) is 0.111. The molecule has 26 heavy (non-hydrogen) atoms. The number of hydrogen-bond acceptors (Lipinski definition) is 5. The van der Waals surface area contributed by atoms with E-state index >= 15 is 0 Å². The molecular formula is C18H15ClN4O3. The molecule has 132 valence electrons. The molecule has 0 spiro atoms. The smallest absolute Gasteiger partial charge is 0.365 e. The quantitative estimate of drug-likeness (QED) is 0.746. The zero-order valence-corrected chi connectivity index (χ0v) is 14.6. The van der Waals surface area contributed by atoms with Crippen LogP contribution in [-0.2, 0) is 11.3 Å². The fourth-order valence-corrected chi connectivity index (χ4v) is 2.43. The van der Waals surface area contributed by atoms with Crippen LogP contribution in [0.3, 0.4) is 0 Å². The van der Waals surface area contributed by atoms with E-state index in [0.717, 1.165) is 4.68 Å². The lowest BCUT2D eigenvalue weighted by atomic mass is 10.2. The van der Waals surface area contributed by atoms with Gasteiger partial charge in [-0.05, 0) is 24.3 Å². The predicted octanol–water partition coefficient (Wildman–Crippen LogP) is 2.61. The number of aromatic nitrogens is 3. The molecule has 0 unspecified atom stereocenters. The third-order valence-electron chi connectivity index (χ3n) is 3.57. The average molecular weight is 371 g/mol. The molecule has 0 saturated carbocycles. The number of methoxy groups -OCH3 is 1. The molecule has 3 rings (SSSR count). The summed E-state index contributed by atoms with van der Waals surface area (Å²) in [5.41, 5.74) is 1.02. The van der Waals surface area contributed by atoms with E-state index in [1.807, 2.05) is 0 Å². The summed E-state index contributed by atoms with van der Waals surface area (Å²) in [7, 11) is 1.51. The van der Waals surface area contributed by atoms with Crippen LogP contribution in [-0.4, -0.2) is 27.8 Å². The second-order valence-corrected chi connectivity index (χ2v) is 5.77. The van der Waals surface area contributed by atoms with E-state index in [1.165, 1.54) is 13.3 Å². The van der Waals surface area contributed by atoms with Crippen molar-refractivity contribution >= 4 is 23.2 Å². The lowest BCUT2D eigenvalue weighted by Crippen LogP contribution is -2.31. The third-order valence-corrected chi connectivity index (χ3v) is 3.82. The molecule has 2 aromatic carbocycles. The molecule has 0 saturated heterocycles. The third kappa shape index (κ3) is 4.07. The van der Waals surface area contributed by atoms with Crippen LogP contribution in [0, 0.1) is 0 Å². The maximum absolute atomic E-state index is 12.2. The molecule has 0 aliphatic carbocycles. The second-order valence-electron chi connectivity index (χ2n) is 5.34. The second kappa shape index (κ2) is 7.79. The first-order chi connectivity index (χ1) is 12.6. The highest BCUT2D eigenvalue weighted by molar-refractivity contribution is 6.30. The molecule has 0 aliphatic heterocycles. The van der Waals surface area contributed by atoms with Crippen molar-refractivity contribution in [2.24, 2.45) is 0 Å². The number of nitrogens with zero attached hydrogens (tertiary/aromatic N) is 3. The lowest BCUT2D eigenvalue weighted by molar-refractivity contribution is -0.117. The molecule has 1 amide bonds. The van der Waals surface area contributed by atoms with Gasteiger partial charge in [-0.1, -0.05) is 35.9 Å². The van der Waals surface area contributed by atoms with Crippen molar-refractivity contribution in [3.63, 3.8) is 0 Å². The average Bonchev–Trinajstić information content (AvgIpc) is 2.64. The van der Waals surface area contributed by atoms with E-state index in [1.54, 1.807) is 48.5 Å². The van der Waals surface area contributed by atoms with Crippen molar-refractivity contribution < 1.29 is 9.53 Å². The number of para-hydroxylation sites is 2. The molecule has 1 aromatic heterocycles. The van der Waals surface area contributed by atoms with Gasteiger partial charge in [0.05, 0.1) is 24.7 Å². The summed E-state index contributed by atoms with van der Waals surface area (Å²) in [5.74, 6) is 0.113. The number of rotatable bonds is 5. The minimum absolute atomic E-state index is 0.259. The Kier molecular flexibility index (Phi) is 5.28. The van der Waals surface area contributed by atoms with Gasteiger partial charge in [-0.25, -0.2) is 9.48 Å². The molecule has 8 heteroatoms. The van der Waals surface area contributed by atoms with Gasteiger partial charge < -0.3 is 10.1 Å². The zero-order valence-electron chi connectivity index (χ0n) is 13.8. The Morgan fingerprint density at radius 3 is 2.62 bits per heavy atom. The summed E-state index contributed by atoms with van der Waals surface area (Å²) in [6, 6.07) is 13.9. The van der Waals surface area contributed by atoms with Crippen molar-refractivity contribution in [3.05, 3.63) is 70.2 Å². The zero-order chi connectivity index (χ0) is 18.5. The lowest BCUT2D eigenvalue weighted by Gasteiger charge is -2.10. The van der Waals surface area contributed by atoms with Gasteiger partial charge in [-0.3, -0.25) is 4.79 Å². The molecule has 0 bridgehead atoms. The predicted molar refractivity (Wildman–Crippen MR) is 98.4 cm³/mol. The van der Waals surface area contributed by atoms with Crippen molar-refractivity contribution in [1.82, 2.24) is 14.8 Å². The van der Waals surface area contributed by atoms with Gasteiger partial charge in [-0.15, -0.1) is 0 Å². The van der Waals surface area contributed by atoms with Crippen LogP contribution in [0.4, 0.5) is 5.69 Å². The number of anilines is 1. The Morgan fingerprint density at radius 2 is 1.92 bits per heavy atom. The number of halogens is 1. The molecule has 1 N–H and O–H groups in total. The highest BCUT2D eigenvalue weighted by Gasteiger charge is 2.11. The van der Waals surface area contributed by atoms with Crippen molar-refractivity contribution in [1.29, 1.82) is 0 Å². The standard InChI is InChI=1S/C18H15ClN4O3/c1-26-16-5-3-2-4-14(16)21-17(24)11-23-18(25)22-15(10-20-23)12-6-8-13(19)9-7-12/h2-10H,11H2,1H3,(H,21,24). The number of carbonyl (C=O) groups excluding carboxylic acids is 1. The van der Waals surface area contributed by atoms with Crippen LogP contribution >= 0.6 is 11.6 Å². The Bertz CT molecular complexity index is 986. The van der Waals surface area contributed by atoms with Gasteiger partial charge >= 0.3 is 5.69 Å². The molecule has 0 atom stereocenters. The summed E-state index contributed by atoms with van der Waals surface area (Å²) in [6.45, 7) is -0.259. The number of ether oxygens (including phenoxy) is 1. The van der Waals surface area contributed by atoms with Gasteiger partial charge in [0.1, 0.15) is 12.3 Å². The largest absolute Gasteiger partial charge is 0.495 e. The first-order valence-corrected chi connectivity index (χ1v) is 8.07. The summed E-state index contributed by atoms with van der Waals surface area (Å²) >= 11 is 5.85. The molecular weight excluding hydrogens is 356 g/mol. The summed E-state index contributed by atoms with van der Waals surface area (Å²) < 4.78 is 6.16. The van der Waals surface area contributed by atoms with Crippen LogP contribution in [0.1, 0.15) is 0 Å². The molecule has 1 heterocycles. The van der Waals surface area contributed by atoms with Gasteiger partial charge in [-0.2, -0.15) is 10.1 Å². The molecule has 0 fully saturated rings. The Labute approximate surface area is 154 Å². The van der Waals surface area contributed by atoms with Crippen LogP contribution in [0.2, 0.25) is 5.02 Å². The van der Waals surface area contributed by atoms with Crippen LogP contribution in [0.5, 0.6) is 5.75 Å². The van der Waals surface area contributed by atoms with Crippen molar-refractivity contribution in [2.75, 3.05) is 12.4 Å². The summed E-state index contributed by atoms with van der Waals surface area (Å²) in [4.78, 5) is 28.3. The van der Waals surface area contributed by atoms with Crippen molar-refractivity contribution in [3.8, 4) is 17.0 Å². The maximum atomic E-state index is 12.2. The molecule has 0 radical (unpaired) electrons. The number of carbonyl (C=O) groups is 1. The van der Waals surface area contributed by atoms with E-state index in [4.69, 9.17) is 16.3 Å². The summed E-state index contributed by atoms with van der Waals surface area (Å²) in [5, 5.41) is 7.29. The SMILES string of the molecule is COc1ccccc1NC(=O)Cn1ncc(-c2ccc(Cl)cc2)nc1=O. The van der Waals surface area contributed by atoms with Gasteiger partial charge in [0.2, 0.25) is 5.91 Å². The van der Waals surface area contributed by atoms with E-state index < -0.39 is 11.6 Å². The van der Waals surface area contributed by atoms with Crippen LogP contribution in [0.15, 0.2) is 59.5 Å². The Balaban J connectivity index is 1.75. The number of nitrogens with one attached hydrogen (secondary N) is 1. The number of hydrogen-bond donors (Lipinski definition) is 1. The van der Waals surface area contributed by atoms with E-state index in [9.17, 15) is 9.59 Å². The monoisotopic (exact) mass is 370 g/mol. The van der Waals surface area contributed by atoms with Crippen LogP contribution < -0.4 is 15.7 Å². The first-order valence-electron chi connectivity index (χ1n) is 7.70. The topological polar surface area (TPSA) is 86.1 Å². The Hall–Kier alpha value is -3.19. The molecule has 3 aromatic rings. The maximum Gasteiger partial charge on any atom is 0.365 e. The van der Waals surface area contributed by atoms with Gasteiger partial charge in [0, 0.05) is 10.6 Å².